The van der Waals surface area contributed by atoms with E-state index >= 15 is 0 Å². The molecular weight excluding hydrogens is 292 g/mol. The van der Waals surface area contributed by atoms with Crippen LogP contribution < -0.4 is 11.1 Å². The first-order chi connectivity index (χ1) is 11.1. The summed E-state index contributed by atoms with van der Waals surface area (Å²) in [6.07, 6.45) is 2.70. The molecule has 1 rings (SSSR count). The molecule has 0 unspecified atom stereocenters. The van der Waals surface area contributed by atoms with Crippen molar-refractivity contribution in [3.8, 4) is 0 Å². The third-order valence-electron chi connectivity index (χ3n) is 2.21. The van der Waals surface area contributed by atoms with Gasteiger partial charge in [0, 0.05) is 0 Å². The van der Waals surface area contributed by atoms with Crippen molar-refractivity contribution in [1.29, 1.82) is 0 Å². The minimum absolute atomic E-state index is 0.124. The molecule has 0 aliphatic carbocycles. The highest BCUT2D eigenvalue weighted by Gasteiger charge is 2.16. The highest BCUT2D eigenvalue weighted by Crippen LogP contribution is 2.08. The predicted octanol–water partition coefficient (Wildman–Crippen LogP) is 2.97. The van der Waals surface area contributed by atoms with Gasteiger partial charge in [0.15, 0.2) is 0 Å². The lowest BCUT2D eigenvalue weighted by Gasteiger charge is -2.11. The Labute approximate surface area is 139 Å². The van der Waals surface area contributed by atoms with Gasteiger partial charge in [0.1, 0.15) is 19.2 Å². The fourth-order valence-corrected chi connectivity index (χ4v) is 1.28. The predicted molar refractivity (Wildman–Crippen MR) is 94.8 cm³/mol. The second-order valence-electron chi connectivity index (χ2n) is 4.28. The van der Waals surface area contributed by atoms with Gasteiger partial charge in [-0.3, -0.25) is 9.59 Å². The van der Waals surface area contributed by atoms with E-state index in [4.69, 9.17) is 10.5 Å². The molecule has 1 atom stereocenters. The number of carbonyl (C=O) groups excluding carboxylic acids is 2. The van der Waals surface area contributed by atoms with Gasteiger partial charge in [-0.15, -0.1) is 0 Å². The Hall–Kier alpha value is -2.14. The molecular formula is C18H30N2O3. The zero-order valence-corrected chi connectivity index (χ0v) is 14.7. The van der Waals surface area contributed by atoms with E-state index in [-0.39, 0.29) is 13.2 Å². The van der Waals surface area contributed by atoms with Crippen molar-refractivity contribution in [2.45, 2.75) is 40.2 Å². The average Bonchev–Trinajstić information content (AvgIpc) is 2.60. The maximum atomic E-state index is 11.7. The highest BCUT2D eigenvalue weighted by molar-refractivity contribution is 5.86. The molecule has 5 heteroatoms. The van der Waals surface area contributed by atoms with E-state index in [1.807, 2.05) is 19.9 Å². The molecule has 1 aromatic carbocycles. The summed E-state index contributed by atoms with van der Waals surface area (Å²) in [7, 11) is 0. The van der Waals surface area contributed by atoms with Crippen LogP contribution in [0.15, 0.2) is 43.0 Å². The Kier molecular flexibility index (Phi) is 16.3. The quantitative estimate of drug-likeness (QED) is 0.623. The molecule has 0 saturated carbocycles. The molecule has 23 heavy (non-hydrogen) atoms. The van der Waals surface area contributed by atoms with Crippen LogP contribution in [0.2, 0.25) is 0 Å². The topological polar surface area (TPSA) is 81.4 Å². The minimum atomic E-state index is -0.793. The Morgan fingerprint density at radius 2 is 1.78 bits per heavy atom. The SMILES string of the molecule is C=CCOC(=O)CNC(=O)[C@@H](N)c1ccccc1.CC.CCC. The molecule has 1 amide bonds. The summed E-state index contributed by atoms with van der Waals surface area (Å²) < 4.78 is 4.71. The van der Waals surface area contributed by atoms with Crippen LogP contribution in [0.1, 0.15) is 45.7 Å². The number of hydrogen-bond donors (Lipinski definition) is 2. The second-order valence-corrected chi connectivity index (χ2v) is 4.28. The standard InChI is InChI=1S/C13H16N2O3.C3H8.C2H6/c1-2-8-18-11(16)9-15-13(17)12(14)10-6-4-3-5-7-10;1-3-2;1-2/h2-7,12H,1,8-9,14H2,(H,15,17);3H2,1-2H3;1-2H3/t12-;;/m0../s1. The number of esters is 1. The van der Waals surface area contributed by atoms with Crippen LogP contribution in [0.4, 0.5) is 0 Å². The second kappa shape index (κ2) is 16.2. The number of carbonyl (C=O) groups is 2. The van der Waals surface area contributed by atoms with Gasteiger partial charge in [0.05, 0.1) is 0 Å². The number of rotatable bonds is 6. The van der Waals surface area contributed by atoms with E-state index in [1.54, 1.807) is 24.3 Å². The van der Waals surface area contributed by atoms with Crippen LogP contribution in [0, 0.1) is 0 Å². The Morgan fingerprint density at radius 1 is 1.26 bits per heavy atom. The molecule has 0 aromatic heterocycles. The number of hydrogen-bond acceptors (Lipinski definition) is 4. The van der Waals surface area contributed by atoms with E-state index in [0.717, 1.165) is 0 Å². The third kappa shape index (κ3) is 12.1. The van der Waals surface area contributed by atoms with E-state index in [0.29, 0.717) is 5.56 Å². The molecule has 3 N–H and O–H groups in total. The van der Waals surface area contributed by atoms with Crippen LogP contribution in [0.3, 0.4) is 0 Å². The lowest BCUT2D eigenvalue weighted by atomic mass is 10.1. The molecule has 0 fully saturated rings. The van der Waals surface area contributed by atoms with Crippen molar-refractivity contribution < 1.29 is 14.3 Å². The van der Waals surface area contributed by atoms with Crippen molar-refractivity contribution in [2.75, 3.05) is 13.2 Å². The van der Waals surface area contributed by atoms with Gasteiger partial charge in [0.2, 0.25) is 5.91 Å². The highest BCUT2D eigenvalue weighted by atomic mass is 16.5. The number of nitrogens with two attached hydrogens (primary N) is 1. The molecule has 0 aliphatic rings. The molecule has 1 aromatic rings. The smallest absolute Gasteiger partial charge is 0.325 e. The van der Waals surface area contributed by atoms with Crippen LogP contribution in [0.5, 0.6) is 0 Å². The van der Waals surface area contributed by atoms with Gasteiger partial charge < -0.3 is 15.8 Å². The van der Waals surface area contributed by atoms with Gasteiger partial charge >= 0.3 is 5.97 Å². The fraction of sp³-hybridized carbons (Fsp3) is 0.444. The molecule has 5 nitrogen and oxygen atoms in total. The maximum Gasteiger partial charge on any atom is 0.325 e. The molecule has 130 valence electrons. The monoisotopic (exact) mass is 322 g/mol. The zero-order chi connectivity index (χ0) is 18.1. The number of nitrogens with one attached hydrogen (secondary N) is 1. The van der Waals surface area contributed by atoms with Gasteiger partial charge in [-0.05, 0) is 5.56 Å². The van der Waals surface area contributed by atoms with E-state index in [9.17, 15) is 9.59 Å². The normalized spacial score (nSPS) is 9.96. The summed E-state index contributed by atoms with van der Waals surface area (Å²) in [5.74, 6) is -0.944. The first-order valence-corrected chi connectivity index (χ1v) is 7.91. The number of ether oxygens (including phenoxy) is 1. The van der Waals surface area contributed by atoms with Crippen molar-refractivity contribution in [1.82, 2.24) is 5.32 Å². The number of benzene rings is 1. The van der Waals surface area contributed by atoms with E-state index < -0.39 is 17.9 Å². The number of amides is 1. The summed E-state index contributed by atoms with van der Waals surface area (Å²) >= 11 is 0. The van der Waals surface area contributed by atoms with Crippen molar-refractivity contribution in [3.63, 3.8) is 0 Å². The van der Waals surface area contributed by atoms with Gasteiger partial charge in [-0.1, -0.05) is 77.1 Å². The third-order valence-corrected chi connectivity index (χ3v) is 2.21. The lowest BCUT2D eigenvalue weighted by Crippen LogP contribution is -2.37. The largest absolute Gasteiger partial charge is 0.460 e. The van der Waals surface area contributed by atoms with Gasteiger partial charge in [-0.2, -0.15) is 0 Å². The Balaban J connectivity index is 0. The summed E-state index contributed by atoms with van der Waals surface area (Å²) in [5.41, 5.74) is 6.43. The zero-order valence-electron chi connectivity index (χ0n) is 14.7. The summed E-state index contributed by atoms with van der Waals surface area (Å²) in [6.45, 7) is 11.6. The fourth-order valence-electron chi connectivity index (χ4n) is 1.28. The van der Waals surface area contributed by atoms with E-state index in [2.05, 4.69) is 25.7 Å². The summed E-state index contributed by atoms with van der Waals surface area (Å²) in [4.78, 5) is 22.8. The van der Waals surface area contributed by atoms with Crippen molar-refractivity contribution >= 4 is 11.9 Å². The molecule has 0 saturated heterocycles. The first kappa shape index (κ1) is 23.1. The molecule has 0 aliphatic heterocycles. The van der Waals surface area contributed by atoms with Gasteiger partial charge in [0.25, 0.3) is 0 Å². The Morgan fingerprint density at radius 3 is 2.26 bits per heavy atom. The molecule has 0 bridgehead atoms. The summed E-state index contributed by atoms with van der Waals surface area (Å²) in [5, 5.41) is 2.42. The van der Waals surface area contributed by atoms with Crippen LogP contribution in [-0.4, -0.2) is 25.0 Å². The molecule has 0 radical (unpaired) electrons. The van der Waals surface area contributed by atoms with Crippen LogP contribution in [-0.2, 0) is 14.3 Å². The maximum absolute atomic E-state index is 11.7. The average molecular weight is 322 g/mol. The molecule has 0 spiro atoms. The first-order valence-electron chi connectivity index (χ1n) is 7.91. The van der Waals surface area contributed by atoms with E-state index in [1.165, 1.54) is 12.5 Å². The van der Waals surface area contributed by atoms with Crippen LogP contribution >= 0.6 is 0 Å². The van der Waals surface area contributed by atoms with Crippen molar-refractivity contribution in [3.05, 3.63) is 48.6 Å². The van der Waals surface area contributed by atoms with Gasteiger partial charge in [-0.25, -0.2) is 0 Å². The lowest BCUT2D eigenvalue weighted by molar-refractivity contribution is -0.142. The minimum Gasteiger partial charge on any atom is -0.460 e. The Bertz CT molecular complexity index is 433. The van der Waals surface area contributed by atoms with Crippen molar-refractivity contribution in [2.24, 2.45) is 5.73 Å². The van der Waals surface area contributed by atoms with Crippen LogP contribution in [0.25, 0.3) is 0 Å². The summed E-state index contributed by atoms with van der Waals surface area (Å²) in [6, 6.07) is 8.13. The molecule has 0 heterocycles.